The summed E-state index contributed by atoms with van der Waals surface area (Å²) < 4.78 is 5.10. The monoisotopic (exact) mass is 405 g/mol. The van der Waals surface area contributed by atoms with E-state index in [1.807, 2.05) is 18.2 Å². The second-order valence-electron chi connectivity index (χ2n) is 7.40. The first-order chi connectivity index (χ1) is 14.6. The lowest BCUT2D eigenvalue weighted by molar-refractivity contribution is -0.148. The van der Waals surface area contributed by atoms with Crippen LogP contribution >= 0.6 is 0 Å². The Kier molecular flexibility index (Phi) is 5.88. The molecule has 7 heteroatoms. The Morgan fingerprint density at radius 3 is 2.83 bits per heavy atom. The number of para-hydroxylation sites is 1. The number of carbonyl (C=O) groups excluding carboxylic acids is 2. The van der Waals surface area contributed by atoms with Gasteiger partial charge in [0.2, 0.25) is 0 Å². The summed E-state index contributed by atoms with van der Waals surface area (Å²) in [6, 6.07) is 15.1. The first-order valence-electron chi connectivity index (χ1n) is 10.1. The number of benzene rings is 2. The van der Waals surface area contributed by atoms with Gasteiger partial charge in [0.05, 0.1) is 23.4 Å². The van der Waals surface area contributed by atoms with Gasteiger partial charge in [-0.2, -0.15) is 0 Å². The van der Waals surface area contributed by atoms with Crippen molar-refractivity contribution in [2.45, 2.75) is 38.1 Å². The van der Waals surface area contributed by atoms with Crippen molar-refractivity contribution in [1.29, 1.82) is 0 Å². The van der Waals surface area contributed by atoms with Crippen LogP contribution in [0.1, 0.15) is 42.3 Å². The van der Waals surface area contributed by atoms with Crippen molar-refractivity contribution in [3.63, 3.8) is 0 Å². The zero-order valence-corrected chi connectivity index (χ0v) is 16.5. The van der Waals surface area contributed by atoms with Crippen LogP contribution < -0.4 is 10.9 Å². The Morgan fingerprint density at radius 1 is 1.13 bits per heavy atom. The van der Waals surface area contributed by atoms with Gasteiger partial charge in [-0.3, -0.25) is 14.4 Å². The molecule has 0 aliphatic heterocycles. The lowest BCUT2D eigenvalue weighted by atomic mass is 9.88. The second kappa shape index (κ2) is 8.90. The molecule has 1 heterocycles. The number of fused-ring (bicyclic) bond motifs is 2. The Labute approximate surface area is 173 Å². The van der Waals surface area contributed by atoms with Gasteiger partial charge in [0.1, 0.15) is 5.82 Å². The zero-order valence-electron chi connectivity index (χ0n) is 16.5. The molecule has 0 unspecified atom stereocenters. The summed E-state index contributed by atoms with van der Waals surface area (Å²) in [6.07, 6.45) is 3.16. The lowest BCUT2D eigenvalue weighted by Gasteiger charge is -2.26. The van der Waals surface area contributed by atoms with Crippen LogP contribution in [0.3, 0.4) is 0 Å². The van der Waals surface area contributed by atoms with Gasteiger partial charge in [-0.15, -0.1) is 0 Å². The summed E-state index contributed by atoms with van der Waals surface area (Å²) in [5, 5.41) is 3.46. The molecule has 1 amide bonds. The van der Waals surface area contributed by atoms with Crippen LogP contribution in [0, 0.1) is 0 Å². The highest BCUT2D eigenvalue weighted by atomic mass is 16.5. The summed E-state index contributed by atoms with van der Waals surface area (Å²) in [5.74, 6) is -0.411. The highest BCUT2D eigenvalue weighted by Crippen LogP contribution is 2.29. The van der Waals surface area contributed by atoms with Crippen LogP contribution in [0.5, 0.6) is 0 Å². The summed E-state index contributed by atoms with van der Waals surface area (Å²) in [5.41, 5.74) is 2.73. The minimum atomic E-state index is -0.509. The third-order valence-electron chi connectivity index (χ3n) is 5.30. The first-order valence-corrected chi connectivity index (χ1v) is 10.1. The van der Waals surface area contributed by atoms with Gasteiger partial charge in [0.25, 0.3) is 11.5 Å². The van der Waals surface area contributed by atoms with E-state index in [2.05, 4.69) is 21.4 Å². The molecule has 0 radical (unpaired) electrons. The Balaban J connectivity index is 1.27. The zero-order chi connectivity index (χ0) is 20.9. The van der Waals surface area contributed by atoms with Gasteiger partial charge >= 0.3 is 5.97 Å². The van der Waals surface area contributed by atoms with Crippen LogP contribution in [0.4, 0.5) is 0 Å². The van der Waals surface area contributed by atoms with Crippen molar-refractivity contribution in [2.75, 3.05) is 6.61 Å². The summed E-state index contributed by atoms with van der Waals surface area (Å²) in [6.45, 7) is -0.320. The van der Waals surface area contributed by atoms with E-state index in [0.29, 0.717) is 16.7 Å². The third-order valence-corrected chi connectivity index (χ3v) is 5.30. The molecule has 1 atom stereocenters. The van der Waals surface area contributed by atoms with Gasteiger partial charge in [0, 0.05) is 6.42 Å². The molecule has 1 aromatic heterocycles. The number of hydrogen-bond acceptors (Lipinski definition) is 5. The number of aromatic nitrogens is 2. The summed E-state index contributed by atoms with van der Waals surface area (Å²) in [7, 11) is 0. The molecule has 0 spiro atoms. The van der Waals surface area contributed by atoms with Crippen molar-refractivity contribution in [2.24, 2.45) is 0 Å². The molecule has 30 heavy (non-hydrogen) atoms. The first kappa shape index (κ1) is 19.8. The highest BCUT2D eigenvalue weighted by molar-refractivity contribution is 5.81. The number of ether oxygens (including phenoxy) is 1. The van der Waals surface area contributed by atoms with E-state index in [9.17, 15) is 14.4 Å². The molecular weight excluding hydrogens is 382 g/mol. The summed E-state index contributed by atoms with van der Waals surface area (Å²) >= 11 is 0. The van der Waals surface area contributed by atoms with Crippen LogP contribution in [0.15, 0.2) is 53.3 Å². The van der Waals surface area contributed by atoms with E-state index in [-0.39, 0.29) is 37.0 Å². The SMILES string of the molecule is O=C(COC(=O)CCc1nc2ccccc2c(=O)[nH]1)N[C@H]1CCCc2ccccc21. The minimum absolute atomic E-state index is 0.0286. The molecule has 1 aliphatic rings. The second-order valence-corrected chi connectivity index (χ2v) is 7.40. The fourth-order valence-electron chi connectivity index (χ4n) is 3.83. The largest absolute Gasteiger partial charge is 0.456 e. The molecule has 0 bridgehead atoms. The number of carbonyl (C=O) groups is 2. The third kappa shape index (κ3) is 4.56. The molecule has 154 valence electrons. The fraction of sp³-hybridized carbons (Fsp3) is 0.304. The topological polar surface area (TPSA) is 101 Å². The van der Waals surface area contributed by atoms with E-state index in [4.69, 9.17) is 4.74 Å². The van der Waals surface area contributed by atoms with Gasteiger partial charge in [-0.25, -0.2) is 4.98 Å². The number of H-pyrrole nitrogens is 1. The number of nitrogens with zero attached hydrogens (tertiary/aromatic N) is 1. The molecule has 0 saturated heterocycles. The number of aromatic amines is 1. The van der Waals surface area contributed by atoms with E-state index in [0.717, 1.165) is 24.8 Å². The average molecular weight is 405 g/mol. The molecule has 3 aromatic rings. The van der Waals surface area contributed by atoms with Crippen LogP contribution in [-0.2, 0) is 27.2 Å². The molecule has 7 nitrogen and oxygen atoms in total. The van der Waals surface area contributed by atoms with Crippen molar-refractivity contribution >= 4 is 22.8 Å². The Morgan fingerprint density at radius 2 is 1.93 bits per heavy atom. The smallest absolute Gasteiger partial charge is 0.306 e. The number of aryl methyl sites for hydroxylation is 2. The van der Waals surface area contributed by atoms with Crippen LogP contribution in [-0.4, -0.2) is 28.5 Å². The van der Waals surface area contributed by atoms with E-state index in [1.54, 1.807) is 24.3 Å². The maximum atomic E-state index is 12.2. The maximum absolute atomic E-state index is 12.2. The van der Waals surface area contributed by atoms with E-state index < -0.39 is 5.97 Å². The number of esters is 1. The van der Waals surface area contributed by atoms with Crippen molar-refractivity contribution < 1.29 is 14.3 Å². The van der Waals surface area contributed by atoms with Crippen LogP contribution in [0.25, 0.3) is 10.9 Å². The average Bonchev–Trinajstić information content (AvgIpc) is 2.76. The standard InChI is InChI=1S/C23H23N3O4/c27-21(25-18-11-5-7-15-6-1-2-8-16(15)18)14-30-22(28)13-12-20-24-19-10-4-3-9-17(19)23(29)26-20/h1-4,6,8-10,18H,5,7,11-14H2,(H,25,27)(H,24,26,29)/t18-/m0/s1. The highest BCUT2D eigenvalue weighted by Gasteiger charge is 2.21. The van der Waals surface area contributed by atoms with Gasteiger partial charge < -0.3 is 15.0 Å². The minimum Gasteiger partial charge on any atom is -0.456 e. The van der Waals surface area contributed by atoms with Crippen molar-refractivity contribution in [3.8, 4) is 0 Å². The van der Waals surface area contributed by atoms with Gasteiger partial charge in [-0.05, 0) is 42.5 Å². The quantitative estimate of drug-likeness (QED) is 0.614. The predicted molar refractivity (Wildman–Crippen MR) is 112 cm³/mol. The molecule has 0 saturated carbocycles. The predicted octanol–water partition coefficient (Wildman–Crippen LogP) is 2.59. The molecule has 0 fully saturated rings. The molecule has 2 aromatic carbocycles. The summed E-state index contributed by atoms with van der Waals surface area (Å²) in [4.78, 5) is 43.4. The Bertz CT molecular complexity index is 1140. The van der Waals surface area contributed by atoms with E-state index in [1.165, 1.54) is 5.56 Å². The number of rotatable bonds is 6. The Hall–Kier alpha value is -3.48. The number of nitrogens with one attached hydrogen (secondary N) is 2. The molecular formula is C23H23N3O4. The molecule has 4 rings (SSSR count). The lowest BCUT2D eigenvalue weighted by Crippen LogP contribution is -2.34. The normalized spacial score (nSPS) is 15.4. The molecule has 1 aliphatic carbocycles. The van der Waals surface area contributed by atoms with Crippen molar-refractivity contribution in [1.82, 2.24) is 15.3 Å². The van der Waals surface area contributed by atoms with Crippen molar-refractivity contribution in [3.05, 3.63) is 75.8 Å². The van der Waals surface area contributed by atoms with E-state index >= 15 is 0 Å². The van der Waals surface area contributed by atoms with Gasteiger partial charge in [0.15, 0.2) is 6.61 Å². The molecule has 2 N–H and O–H groups in total. The van der Waals surface area contributed by atoms with Gasteiger partial charge in [-0.1, -0.05) is 36.4 Å². The number of hydrogen-bond donors (Lipinski definition) is 2. The fourth-order valence-corrected chi connectivity index (χ4v) is 3.83. The maximum Gasteiger partial charge on any atom is 0.306 e. The van der Waals surface area contributed by atoms with Crippen LogP contribution in [0.2, 0.25) is 0 Å². The number of amides is 1.